The molecule has 22 heavy (non-hydrogen) atoms. The number of nitrogens with one attached hydrogen (secondary N) is 1. The minimum absolute atomic E-state index is 0.0106. The smallest absolute Gasteiger partial charge is 0.224 e. The summed E-state index contributed by atoms with van der Waals surface area (Å²) in [7, 11) is 5.55. The molecular formula is C17H22N2O3. The first kappa shape index (κ1) is 16.1. The summed E-state index contributed by atoms with van der Waals surface area (Å²) in [5, 5.41) is 2.96. The standard InChI is InChI=1S/C17H22N2O3/c1-19(2)15(16-5-4-10-22-16)12-18-17(20)11-13-6-8-14(21-3)9-7-13/h4-10,15H,11-12H2,1-3H3,(H,18,20)/t15-/m1/s1. The quantitative estimate of drug-likeness (QED) is 0.852. The van der Waals surface area contributed by atoms with Gasteiger partial charge in [-0.25, -0.2) is 0 Å². The van der Waals surface area contributed by atoms with Gasteiger partial charge in [-0.15, -0.1) is 0 Å². The lowest BCUT2D eigenvalue weighted by Gasteiger charge is -2.22. The van der Waals surface area contributed by atoms with Crippen molar-refractivity contribution in [2.24, 2.45) is 0 Å². The van der Waals surface area contributed by atoms with Crippen molar-refractivity contribution >= 4 is 5.91 Å². The van der Waals surface area contributed by atoms with Crippen molar-refractivity contribution in [2.75, 3.05) is 27.7 Å². The maximum absolute atomic E-state index is 12.1. The van der Waals surface area contributed by atoms with Crippen LogP contribution in [-0.2, 0) is 11.2 Å². The van der Waals surface area contributed by atoms with Gasteiger partial charge < -0.3 is 14.5 Å². The normalized spacial score (nSPS) is 12.2. The van der Waals surface area contributed by atoms with E-state index in [2.05, 4.69) is 5.32 Å². The Morgan fingerprint density at radius 2 is 2.00 bits per heavy atom. The summed E-state index contributed by atoms with van der Waals surface area (Å²) in [5.41, 5.74) is 0.956. The third kappa shape index (κ3) is 4.36. The number of ether oxygens (including phenoxy) is 1. The molecule has 0 saturated carbocycles. The van der Waals surface area contributed by atoms with Crippen LogP contribution in [0.5, 0.6) is 5.75 Å². The molecule has 0 saturated heterocycles. The lowest BCUT2D eigenvalue weighted by atomic mass is 10.1. The number of carbonyl (C=O) groups is 1. The van der Waals surface area contributed by atoms with Crippen molar-refractivity contribution in [2.45, 2.75) is 12.5 Å². The molecule has 0 unspecified atom stereocenters. The Kier molecular flexibility index (Phi) is 5.61. The SMILES string of the molecule is COc1ccc(CC(=O)NC[C@H](c2ccco2)N(C)C)cc1. The van der Waals surface area contributed by atoms with Crippen LogP contribution >= 0.6 is 0 Å². The van der Waals surface area contributed by atoms with Gasteiger partial charge in [0.05, 0.1) is 25.8 Å². The molecule has 5 nitrogen and oxygen atoms in total. The first-order valence-electron chi connectivity index (χ1n) is 7.19. The van der Waals surface area contributed by atoms with E-state index in [4.69, 9.17) is 9.15 Å². The van der Waals surface area contributed by atoms with Crippen LogP contribution < -0.4 is 10.1 Å². The molecule has 1 amide bonds. The molecule has 2 aromatic rings. The molecule has 0 fully saturated rings. The zero-order valence-electron chi connectivity index (χ0n) is 13.2. The number of hydrogen-bond donors (Lipinski definition) is 1. The fourth-order valence-corrected chi connectivity index (χ4v) is 2.22. The van der Waals surface area contributed by atoms with Crippen LogP contribution in [0.25, 0.3) is 0 Å². The molecule has 2 rings (SSSR count). The van der Waals surface area contributed by atoms with Crippen LogP contribution in [0.1, 0.15) is 17.4 Å². The van der Waals surface area contributed by atoms with E-state index >= 15 is 0 Å². The molecule has 0 bridgehead atoms. The van der Waals surface area contributed by atoms with E-state index in [1.165, 1.54) is 0 Å². The van der Waals surface area contributed by atoms with Crippen LogP contribution in [0.2, 0.25) is 0 Å². The highest BCUT2D eigenvalue weighted by molar-refractivity contribution is 5.78. The summed E-state index contributed by atoms with van der Waals surface area (Å²) in [4.78, 5) is 14.1. The predicted molar refractivity (Wildman–Crippen MR) is 84.8 cm³/mol. The van der Waals surface area contributed by atoms with Crippen molar-refractivity contribution < 1.29 is 13.9 Å². The summed E-state index contributed by atoms with van der Waals surface area (Å²) in [6.07, 6.45) is 1.99. The Morgan fingerprint density at radius 3 is 2.55 bits per heavy atom. The van der Waals surface area contributed by atoms with Gasteiger partial charge in [-0.2, -0.15) is 0 Å². The average molecular weight is 302 g/mol. The summed E-state index contributed by atoms with van der Waals surface area (Å²) < 4.78 is 10.5. The van der Waals surface area contributed by atoms with E-state index in [0.717, 1.165) is 17.1 Å². The Labute approximate surface area is 130 Å². The second kappa shape index (κ2) is 7.66. The number of methoxy groups -OCH3 is 1. The number of nitrogens with zero attached hydrogens (tertiary/aromatic N) is 1. The Bertz CT molecular complexity index is 576. The van der Waals surface area contributed by atoms with Gasteiger partial charge in [0, 0.05) is 6.54 Å². The van der Waals surface area contributed by atoms with E-state index in [9.17, 15) is 4.79 Å². The lowest BCUT2D eigenvalue weighted by Crippen LogP contribution is -2.35. The highest BCUT2D eigenvalue weighted by Crippen LogP contribution is 2.17. The molecular weight excluding hydrogens is 280 g/mol. The molecule has 0 aliphatic rings. The fourth-order valence-electron chi connectivity index (χ4n) is 2.22. The fraction of sp³-hybridized carbons (Fsp3) is 0.353. The maximum atomic E-state index is 12.1. The average Bonchev–Trinajstić information content (AvgIpc) is 3.02. The summed E-state index contributed by atoms with van der Waals surface area (Å²) in [5.74, 6) is 1.62. The molecule has 118 valence electrons. The Balaban J connectivity index is 1.88. The van der Waals surface area contributed by atoms with E-state index in [-0.39, 0.29) is 11.9 Å². The molecule has 0 aliphatic heterocycles. The van der Waals surface area contributed by atoms with Crippen LogP contribution in [0.3, 0.4) is 0 Å². The van der Waals surface area contributed by atoms with E-state index in [0.29, 0.717) is 13.0 Å². The first-order valence-corrected chi connectivity index (χ1v) is 7.19. The molecule has 0 radical (unpaired) electrons. The van der Waals surface area contributed by atoms with E-state index < -0.39 is 0 Å². The highest BCUT2D eigenvalue weighted by atomic mass is 16.5. The van der Waals surface area contributed by atoms with Gasteiger partial charge >= 0.3 is 0 Å². The summed E-state index contributed by atoms with van der Waals surface area (Å²) in [6, 6.07) is 11.3. The highest BCUT2D eigenvalue weighted by Gasteiger charge is 2.17. The molecule has 1 heterocycles. The van der Waals surface area contributed by atoms with Gasteiger partial charge in [0.2, 0.25) is 5.91 Å². The van der Waals surface area contributed by atoms with E-state index in [1.54, 1.807) is 13.4 Å². The molecule has 0 spiro atoms. The van der Waals surface area contributed by atoms with Gasteiger partial charge in [0.25, 0.3) is 0 Å². The minimum Gasteiger partial charge on any atom is -0.497 e. The van der Waals surface area contributed by atoms with Crippen molar-refractivity contribution in [1.82, 2.24) is 10.2 Å². The molecule has 5 heteroatoms. The second-order valence-electron chi connectivity index (χ2n) is 5.32. The number of furan rings is 1. The monoisotopic (exact) mass is 302 g/mol. The number of hydrogen-bond acceptors (Lipinski definition) is 4. The molecule has 1 atom stereocenters. The molecule has 1 aromatic heterocycles. The van der Waals surface area contributed by atoms with Crippen LogP contribution in [0.4, 0.5) is 0 Å². The van der Waals surface area contributed by atoms with Crippen molar-refractivity contribution in [1.29, 1.82) is 0 Å². The van der Waals surface area contributed by atoms with Gasteiger partial charge in [-0.3, -0.25) is 9.69 Å². The first-order chi connectivity index (χ1) is 10.6. The van der Waals surface area contributed by atoms with Crippen LogP contribution in [0, 0.1) is 0 Å². The largest absolute Gasteiger partial charge is 0.497 e. The van der Waals surface area contributed by atoms with Gasteiger partial charge in [0.1, 0.15) is 11.5 Å². The lowest BCUT2D eigenvalue weighted by molar-refractivity contribution is -0.120. The third-order valence-corrected chi connectivity index (χ3v) is 3.51. The molecule has 1 aromatic carbocycles. The summed E-state index contributed by atoms with van der Waals surface area (Å²) in [6.45, 7) is 0.509. The van der Waals surface area contributed by atoms with Crippen molar-refractivity contribution in [3.63, 3.8) is 0 Å². The van der Waals surface area contributed by atoms with Crippen molar-refractivity contribution in [3.8, 4) is 5.75 Å². The Hall–Kier alpha value is -2.27. The maximum Gasteiger partial charge on any atom is 0.224 e. The number of likely N-dealkylation sites (N-methyl/N-ethyl adjacent to an activating group) is 1. The zero-order valence-corrected chi connectivity index (χ0v) is 13.2. The van der Waals surface area contributed by atoms with Gasteiger partial charge in [-0.05, 0) is 43.9 Å². The molecule has 0 aliphatic carbocycles. The Morgan fingerprint density at radius 1 is 1.27 bits per heavy atom. The summed E-state index contributed by atoms with van der Waals surface area (Å²) >= 11 is 0. The van der Waals surface area contributed by atoms with Crippen LogP contribution in [0.15, 0.2) is 47.1 Å². The topological polar surface area (TPSA) is 54.7 Å². The number of rotatable bonds is 7. The van der Waals surface area contributed by atoms with Gasteiger partial charge in [-0.1, -0.05) is 12.1 Å². The number of amides is 1. The minimum atomic E-state index is -0.0106. The zero-order chi connectivity index (χ0) is 15.9. The number of carbonyl (C=O) groups excluding carboxylic acids is 1. The molecule has 1 N–H and O–H groups in total. The van der Waals surface area contributed by atoms with E-state index in [1.807, 2.05) is 55.4 Å². The van der Waals surface area contributed by atoms with Crippen LogP contribution in [-0.4, -0.2) is 38.6 Å². The third-order valence-electron chi connectivity index (χ3n) is 3.51. The number of benzene rings is 1. The second-order valence-corrected chi connectivity index (χ2v) is 5.32. The van der Waals surface area contributed by atoms with Gasteiger partial charge in [0.15, 0.2) is 0 Å². The van der Waals surface area contributed by atoms with Crippen molar-refractivity contribution in [3.05, 3.63) is 54.0 Å². The predicted octanol–water partition coefficient (Wildman–Crippen LogP) is 2.25.